The van der Waals surface area contributed by atoms with Crippen LogP contribution in [0.2, 0.25) is 0 Å². The van der Waals surface area contributed by atoms with Gasteiger partial charge in [0.05, 0.1) is 5.69 Å². The molecule has 1 aromatic rings. The van der Waals surface area contributed by atoms with Crippen LogP contribution in [0.25, 0.3) is 0 Å². The first-order chi connectivity index (χ1) is 9.10. The quantitative estimate of drug-likeness (QED) is 0.744. The van der Waals surface area contributed by atoms with Crippen molar-refractivity contribution in [1.82, 2.24) is 5.32 Å². The summed E-state index contributed by atoms with van der Waals surface area (Å²) >= 11 is 0. The Hall–Kier alpha value is -1.71. The molecule has 0 spiro atoms. The van der Waals surface area contributed by atoms with Crippen molar-refractivity contribution in [1.29, 1.82) is 0 Å². The number of nitrogens with two attached hydrogens (primary N) is 1. The second-order valence-corrected chi connectivity index (χ2v) is 4.60. The number of ether oxygens (including phenoxy) is 1. The number of hydrogen-bond acceptors (Lipinski definition) is 3. The minimum Gasteiger partial charge on any atom is -0.482 e. The van der Waals surface area contributed by atoms with Gasteiger partial charge in [-0.1, -0.05) is 26.8 Å². The predicted octanol–water partition coefficient (Wildman–Crippen LogP) is 2.51. The molecule has 0 fully saturated rings. The molecule has 106 valence electrons. The lowest BCUT2D eigenvalue weighted by Crippen LogP contribution is -2.37. The zero-order valence-electron chi connectivity index (χ0n) is 12.0. The van der Waals surface area contributed by atoms with Crippen LogP contribution >= 0.6 is 0 Å². The Kier molecular flexibility index (Phi) is 6.19. The van der Waals surface area contributed by atoms with Crippen molar-refractivity contribution < 1.29 is 9.53 Å². The molecule has 0 saturated carbocycles. The monoisotopic (exact) mass is 264 g/mol. The molecule has 3 N–H and O–H groups in total. The van der Waals surface area contributed by atoms with Crippen molar-refractivity contribution in [2.24, 2.45) is 0 Å². The molecule has 4 heteroatoms. The van der Waals surface area contributed by atoms with Gasteiger partial charge in [-0.25, -0.2) is 0 Å². The first kappa shape index (κ1) is 15.3. The summed E-state index contributed by atoms with van der Waals surface area (Å²) in [6, 6.07) is 5.88. The fourth-order valence-electron chi connectivity index (χ4n) is 1.85. The van der Waals surface area contributed by atoms with Crippen LogP contribution in [0.1, 0.15) is 39.2 Å². The van der Waals surface area contributed by atoms with Gasteiger partial charge in [0.15, 0.2) is 6.61 Å². The van der Waals surface area contributed by atoms with Gasteiger partial charge in [-0.3, -0.25) is 4.79 Å². The number of nitrogen functional groups attached to an aromatic ring is 1. The third kappa shape index (κ3) is 4.81. The predicted molar refractivity (Wildman–Crippen MR) is 78.2 cm³/mol. The number of benzene rings is 1. The molecule has 0 aliphatic heterocycles. The second kappa shape index (κ2) is 7.67. The van der Waals surface area contributed by atoms with E-state index in [2.05, 4.69) is 26.1 Å². The summed E-state index contributed by atoms with van der Waals surface area (Å²) in [7, 11) is 0. The third-order valence-electron chi connectivity index (χ3n) is 3.19. The lowest BCUT2D eigenvalue weighted by Gasteiger charge is -2.15. The molecular formula is C15H24N2O2. The zero-order chi connectivity index (χ0) is 14.3. The van der Waals surface area contributed by atoms with Crippen LogP contribution in [-0.4, -0.2) is 18.6 Å². The highest BCUT2D eigenvalue weighted by atomic mass is 16.5. The van der Waals surface area contributed by atoms with Gasteiger partial charge in [-0.2, -0.15) is 0 Å². The molecule has 0 saturated heterocycles. The highest BCUT2D eigenvalue weighted by Crippen LogP contribution is 2.22. The molecule has 0 unspecified atom stereocenters. The average Bonchev–Trinajstić information content (AvgIpc) is 2.43. The van der Waals surface area contributed by atoms with E-state index in [4.69, 9.17) is 10.5 Å². The third-order valence-corrected chi connectivity index (χ3v) is 3.19. The Bertz CT molecular complexity index is 415. The molecule has 4 nitrogen and oxygen atoms in total. The van der Waals surface area contributed by atoms with Crippen molar-refractivity contribution >= 4 is 11.6 Å². The van der Waals surface area contributed by atoms with Crippen LogP contribution in [0, 0.1) is 0 Å². The molecule has 1 rings (SSSR count). The fraction of sp³-hybridized carbons (Fsp3) is 0.533. The molecule has 0 bridgehead atoms. The average molecular weight is 264 g/mol. The Morgan fingerprint density at radius 1 is 1.32 bits per heavy atom. The summed E-state index contributed by atoms with van der Waals surface area (Å²) in [5, 5.41) is 2.92. The summed E-state index contributed by atoms with van der Waals surface area (Å²) < 4.78 is 5.45. The highest BCUT2D eigenvalue weighted by molar-refractivity contribution is 5.78. The first-order valence-electron chi connectivity index (χ1n) is 6.91. The molecule has 0 radical (unpaired) electrons. The van der Waals surface area contributed by atoms with Gasteiger partial charge in [0.1, 0.15) is 5.75 Å². The van der Waals surface area contributed by atoms with E-state index in [1.54, 1.807) is 0 Å². The summed E-state index contributed by atoms with van der Waals surface area (Å²) in [5.41, 5.74) is 7.62. The van der Waals surface area contributed by atoms with Crippen molar-refractivity contribution in [3.8, 4) is 5.75 Å². The number of amides is 1. The minimum absolute atomic E-state index is 0.00612. The molecular weight excluding hydrogens is 240 g/mol. The van der Waals surface area contributed by atoms with Crippen LogP contribution < -0.4 is 15.8 Å². The van der Waals surface area contributed by atoms with Gasteiger partial charge in [-0.15, -0.1) is 0 Å². The minimum atomic E-state index is -0.104. The molecule has 0 aliphatic rings. The van der Waals surface area contributed by atoms with Gasteiger partial charge < -0.3 is 15.8 Å². The van der Waals surface area contributed by atoms with Crippen molar-refractivity contribution in [3.05, 3.63) is 23.8 Å². The van der Waals surface area contributed by atoms with Gasteiger partial charge in [0.2, 0.25) is 0 Å². The number of carbonyl (C=O) groups excluding carboxylic acids is 1. The van der Waals surface area contributed by atoms with E-state index in [9.17, 15) is 4.79 Å². The number of aryl methyl sites for hydroxylation is 1. The summed E-state index contributed by atoms with van der Waals surface area (Å²) in [6.45, 7) is 6.18. The lowest BCUT2D eigenvalue weighted by atomic mass is 10.1. The SMILES string of the molecule is CCc1ccc(OCC(=O)NC(CC)CC)c(N)c1. The molecule has 0 aliphatic carbocycles. The molecule has 1 aromatic carbocycles. The van der Waals surface area contributed by atoms with E-state index in [1.807, 2.05) is 18.2 Å². The van der Waals surface area contributed by atoms with E-state index < -0.39 is 0 Å². The maximum Gasteiger partial charge on any atom is 0.258 e. The van der Waals surface area contributed by atoms with E-state index in [-0.39, 0.29) is 18.6 Å². The maximum atomic E-state index is 11.7. The highest BCUT2D eigenvalue weighted by Gasteiger charge is 2.09. The second-order valence-electron chi connectivity index (χ2n) is 4.60. The molecule has 19 heavy (non-hydrogen) atoms. The van der Waals surface area contributed by atoms with Gasteiger partial charge in [0.25, 0.3) is 5.91 Å². The molecule has 0 aromatic heterocycles. The molecule has 1 amide bonds. The Balaban J connectivity index is 2.50. The van der Waals surface area contributed by atoms with Crippen molar-refractivity contribution in [2.45, 2.75) is 46.1 Å². The van der Waals surface area contributed by atoms with E-state index in [1.165, 1.54) is 0 Å². The van der Waals surface area contributed by atoms with Crippen LogP contribution in [-0.2, 0) is 11.2 Å². The topological polar surface area (TPSA) is 64.3 Å². The number of anilines is 1. The van der Waals surface area contributed by atoms with Gasteiger partial charge in [-0.05, 0) is 37.0 Å². The summed E-state index contributed by atoms with van der Waals surface area (Å²) in [4.78, 5) is 11.7. The maximum absolute atomic E-state index is 11.7. The smallest absolute Gasteiger partial charge is 0.258 e. The Labute approximate surface area is 115 Å². The largest absolute Gasteiger partial charge is 0.482 e. The van der Waals surface area contributed by atoms with Crippen molar-refractivity contribution in [2.75, 3.05) is 12.3 Å². The zero-order valence-corrected chi connectivity index (χ0v) is 12.0. The van der Waals surface area contributed by atoms with Crippen LogP contribution in [0.15, 0.2) is 18.2 Å². The first-order valence-corrected chi connectivity index (χ1v) is 6.91. The Morgan fingerprint density at radius 2 is 2.00 bits per heavy atom. The standard InChI is InChI=1S/C15H24N2O2/c1-4-11-7-8-14(13(16)9-11)19-10-15(18)17-12(5-2)6-3/h7-9,12H,4-6,10,16H2,1-3H3,(H,17,18). The van der Waals surface area contributed by atoms with Crippen LogP contribution in [0.4, 0.5) is 5.69 Å². The van der Waals surface area contributed by atoms with Crippen molar-refractivity contribution in [3.63, 3.8) is 0 Å². The number of carbonyl (C=O) groups is 1. The van der Waals surface area contributed by atoms with Gasteiger partial charge >= 0.3 is 0 Å². The number of rotatable bonds is 7. The molecule has 0 heterocycles. The van der Waals surface area contributed by atoms with E-state index >= 15 is 0 Å². The number of nitrogens with one attached hydrogen (secondary N) is 1. The van der Waals surface area contributed by atoms with E-state index in [0.717, 1.165) is 24.8 Å². The summed E-state index contributed by atoms with van der Waals surface area (Å²) in [5.74, 6) is 0.463. The fourth-order valence-corrected chi connectivity index (χ4v) is 1.85. The van der Waals surface area contributed by atoms with Crippen LogP contribution in [0.3, 0.4) is 0 Å². The Morgan fingerprint density at radius 3 is 2.53 bits per heavy atom. The lowest BCUT2D eigenvalue weighted by molar-refractivity contribution is -0.123. The van der Waals surface area contributed by atoms with Gasteiger partial charge in [0, 0.05) is 6.04 Å². The molecule has 0 atom stereocenters. The number of hydrogen-bond donors (Lipinski definition) is 2. The summed E-state index contributed by atoms with van der Waals surface area (Å²) in [6.07, 6.45) is 2.78. The van der Waals surface area contributed by atoms with E-state index in [0.29, 0.717) is 11.4 Å². The van der Waals surface area contributed by atoms with Crippen LogP contribution in [0.5, 0.6) is 5.75 Å². The normalized spacial score (nSPS) is 10.5.